The third-order valence-corrected chi connectivity index (χ3v) is 5.13. The van der Waals surface area contributed by atoms with Gasteiger partial charge in [0.1, 0.15) is 5.82 Å². The summed E-state index contributed by atoms with van der Waals surface area (Å²) in [5.41, 5.74) is 3.37. The molecule has 1 aliphatic rings. The molecule has 0 fully saturated rings. The molecular weight excluding hydrogens is 314 g/mol. The Hall–Kier alpha value is -2.47. The summed E-state index contributed by atoms with van der Waals surface area (Å²) in [5, 5.41) is 5.14. The predicted molar refractivity (Wildman–Crippen MR) is 97.6 cm³/mol. The van der Waals surface area contributed by atoms with Gasteiger partial charge in [-0.1, -0.05) is 12.1 Å². The first-order valence-electron chi connectivity index (χ1n) is 8.89. The maximum atomic E-state index is 12.8. The van der Waals surface area contributed by atoms with Gasteiger partial charge in [-0.05, 0) is 26.0 Å². The summed E-state index contributed by atoms with van der Waals surface area (Å²) in [5.74, 6) is 0.896. The van der Waals surface area contributed by atoms with Gasteiger partial charge in [0.05, 0.1) is 17.1 Å². The van der Waals surface area contributed by atoms with Crippen LogP contribution < -0.4 is 5.56 Å². The highest BCUT2D eigenvalue weighted by molar-refractivity contribution is 5.77. The normalized spacial score (nSPS) is 15.3. The molecule has 0 aliphatic carbocycles. The van der Waals surface area contributed by atoms with Gasteiger partial charge < -0.3 is 0 Å². The molecule has 3 aromatic rings. The van der Waals surface area contributed by atoms with Crippen LogP contribution >= 0.6 is 0 Å². The van der Waals surface area contributed by atoms with Gasteiger partial charge in [0.25, 0.3) is 5.56 Å². The third-order valence-electron chi connectivity index (χ3n) is 5.13. The number of aromatic nitrogens is 4. The number of fused-ring (bicyclic) bond motifs is 2. The van der Waals surface area contributed by atoms with E-state index in [1.165, 1.54) is 11.3 Å². The number of benzene rings is 1. The Bertz CT molecular complexity index is 972. The van der Waals surface area contributed by atoms with Gasteiger partial charge >= 0.3 is 0 Å². The molecule has 1 aromatic carbocycles. The van der Waals surface area contributed by atoms with E-state index in [9.17, 15) is 4.79 Å². The van der Waals surface area contributed by atoms with Crippen LogP contribution in [0.1, 0.15) is 24.0 Å². The Kier molecular flexibility index (Phi) is 4.13. The second-order valence-corrected chi connectivity index (χ2v) is 6.60. The lowest BCUT2D eigenvalue weighted by Gasteiger charge is -2.19. The molecule has 0 saturated carbocycles. The Balaban J connectivity index is 1.59. The number of hydrogen-bond donors (Lipinski definition) is 0. The van der Waals surface area contributed by atoms with Gasteiger partial charge in [-0.3, -0.25) is 18.9 Å². The van der Waals surface area contributed by atoms with E-state index >= 15 is 0 Å². The first-order chi connectivity index (χ1) is 12.2. The highest BCUT2D eigenvalue weighted by Crippen LogP contribution is 2.15. The monoisotopic (exact) mass is 337 g/mol. The van der Waals surface area contributed by atoms with Crippen molar-refractivity contribution in [3.8, 4) is 0 Å². The van der Waals surface area contributed by atoms with Crippen molar-refractivity contribution < 1.29 is 0 Å². The van der Waals surface area contributed by atoms with Crippen molar-refractivity contribution in [2.24, 2.45) is 0 Å². The molecule has 0 amide bonds. The summed E-state index contributed by atoms with van der Waals surface area (Å²) >= 11 is 0. The highest BCUT2D eigenvalue weighted by atomic mass is 16.1. The topological polar surface area (TPSA) is 56.0 Å². The van der Waals surface area contributed by atoms with Crippen LogP contribution in [0.15, 0.2) is 35.3 Å². The number of hydrogen-bond acceptors (Lipinski definition) is 4. The summed E-state index contributed by atoms with van der Waals surface area (Å²) in [6, 6.07) is 7.62. The summed E-state index contributed by atoms with van der Waals surface area (Å²) in [6.45, 7) is 8.43. The Morgan fingerprint density at radius 1 is 1.16 bits per heavy atom. The largest absolute Gasteiger partial charge is 0.297 e. The lowest BCUT2D eigenvalue weighted by molar-refractivity contribution is 0.270. The Labute approximate surface area is 146 Å². The van der Waals surface area contributed by atoms with E-state index in [1.54, 1.807) is 0 Å². The van der Waals surface area contributed by atoms with Crippen LogP contribution in [0.2, 0.25) is 0 Å². The fourth-order valence-electron chi connectivity index (χ4n) is 3.61. The molecular formula is C19H23N5O. The van der Waals surface area contributed by atoms with Crippen LogP contribution in [0.4, 0.5) is 0 Å². The summed E-state index contributed by atoms with van der Waals surface area (Å²) in [4.78, 5) is 19.9. The van der Waals surface area contributed by atoms with Crippen molar-refractivity contribution in [3.05, 3.63) is 57.9 Å². The van der Waals surface area contributed by atoms with E-state index in [-0.39, 0.29) is 5.56 Å². The molecule has 25 heavy (non-hydrogen) atoms. The fraction of sp³-hybridized carbons (Fsp3) is 0.421. The maximum Gasteiger partial charge on any atom is 0.261 e. The molecule has 0 bridgehead atoms. The molecule has 6 heteroatoms. The lowest BCUT2D eigenvalue weighted by atomic mass is 10.2. The van der Waals surface area contributed by atoms with Crippen LogP contribution in [-0.2, 0) is 26.1 Å². The Morgan fingerprint density at radius 3 is 2.80 bits per heavy atom. The van der Waals surface area contributed by atoms with E-state index in [4.69, 9.17) is 4.98 Å². The van der Waals surface area contributed by atoms with Gasteiger partial charge in [0.2, 0.25) is 0 Å². The first kappa shape index (κ1) is 16.0. The van der Waals surface area contributed by atoms with Crippen molar-refractivity contribution in [2.75, 3.05) is 13.1 Å². The SMILES string of the molecule is CCn1ncc(CN2CCc3nc4ccccc4c(=O)n3CC2)c1C. The van der Waals surface area contributed by atoms with Gasteiger partial charge in [-0.2, -0.15) is 5.10 Å². The smallest absolute Gasteiger partial charge is 0.261 e. The Morgan fingerprint density at radius 2 is 2.00 bits per heavy atom. The standard InChI is InChI=1S/C19H23N5O/c1-3-24-14(2)15(12-20-24)13-22-9-8-18-21-17-7-5-4-6-16(17)19(25)23(18)11-10-22/h4-7,12H,3,8-11,13H2,1-2H3. The second-order valence-electron chi connectivity index (χ2n) is 6.60. The molecule has 6 nitrogen and oxygen atoms in total. The lowest BCUT2D eigenvalue weighted by Crippen LogP contribution is -2.28. The predicted octanol–water partition coefficient (Wildman–Crippen LogP) is 1.98. The zero-order chi connectivity index (χ0) is 17.4. The first-order valence-corrected chi connectivity index (χ1v) is 8.89. The van der Waals surface area contributed by atoms with E-state index in [0.717, 1.165) is 43.9 Å². The fourth-order valence-corrected chi connectivity index (χ4v) is 3.61. The summed E-state index contributed by atoms with van der Waals surface area (Å²) in [7, 11) is 0. The molecule has 3 heterocycles. The molecule has 0 atom stereocenters. The molecule has 1 aliphatic heterocycles. The summed E-state index contributed by atoms with van der Waals surface area (Å²) < 4.78 is 3.88. The van der Waals surface area contributed by atoms with Gasteiger partial charge in [-0.25, -0.2) is 4.98 Å². The molecule has 0 saturated heterocycles. The van der Waals surface area contributed by atoms with Crippen LogP contribution in [0, 0.1) is 6.92 Å². The molecule has 0 N–H and O–H groups in total. The van der Waals surface area contributed by atoms with E-state index in [2.05, 4.69) is 23.8 Å². The van der Waals surface area contributed by atoms with Gasteiger partial charge in [0, 0.05) is 50.4 Å². The van der Waals surface area contributed by atoms with E-state index < -0.39 is 0 Å². The third kappa shape index (κ3) is 2.87. The van der Waals surface area contributed by atoms with E-state index in [0.29, 0.717) is 11.9 Å². The average Bonchev–Trinajstić information content (AvgIpc) is 2.85. The van der Waals surface area contributed by atoms with Crippen molar-refractivity contribution >= 4 is 10.9 Å². The van der Waals surface area contributed by atoms with Crippen LogP contribution in [-0.4, -0.2) is 37.3 Å². The molecule has 2 aromatic heterocycles. The highest BCUT2D eigenvalue weighted by Gasteiger charge is 2.18. The maximum absolute atomic E-state index is 12.8. The summed E-state index contributed by atoms with van der Waals surface area (Å²) in [6.07, 6.45) is 2.76. The molecule has 0 spiro atoms. The van der Waals surface area contributed by atoms with Gasteiger partial charge in [-0.15, -0.1) is 0 Å². The average molecular weight is 337 g/mol. The van der Waals surface area contributed by atoms with Crippen molar-refractivity contribution in [2.45, 2.75) is 39.9 Å². The molecule has 0 unspecified atom stereocenters. The minimum absolute atomic E-state index is 0.0810. The van der Waals surface area contributed by atoms with Gasteiger partial charge in [0.15, 0.2) is 0 Å². The molecule has 130 valence electrons. The zero-order valence-electron chi connectivity index (χ0n) is 14.8. The number of aryl methyl sites for hydroxylation is 1. The minimum Gasteiger partial charge on any atom is -0.297 e. The number of nitrogens with zero attached hydrogens (tertiary/aromatic N) is 5. The number of para-hydroxylation sites is 1. The van der Waals surface area contributed by atoms with E-state index in [1.807, 2.05) is 39.7 Å². The van der Waals surface area contributed by atoms with Crippen LogP contribution in [0.25, 0.3) is 10.9 Å². The number of rotatable bonds is 3. The van der Waals surface area contributed by atoms with Crippen LogP contribution in [0.5, 0.6) is 0 Å². The van der Waals surface area contributed by atoms with Crippen molar-refractivity contribution in [1.82, 2.24) is 24.2 Å². The second kappa shape index (κ2) is 6.44. The van der Waals surface area contributed by atoms with Crippen molar-refractivity contribution in [1.29, 1.82) is 0 Å². The quantitative estimate of drug-likeness (QED) is 0.733. The molecule has 0 radical (unpaired) electrons. The van der Waals surface area contributed by atoms with Crippen LogP contribution in [0.3, 0.4) is 0 Å². The van der Waals surface area contributed by atoms with Crippen molar-refractivity contribution in [3.63, 3.8) is 0 Å². The zero-order valence-corrected chi connectivity index (χ0v) is 14.8. The molecule has 4 rings (SSSR count). The minimum atomic E-state index is 0.0810.